The molecule has 1 aromatic carbocycles. The molecule has 1 rings (SSSR count). The third-order valence-corrected chi connectivity index (χ3v) is 3.30. The number of benzene rings is 1. The molecule has 3 N–H and O–H groups in total. The molecule has 0 atom stereocenters. The molecule has 0 spiro atoms. The summed E-state index contributed by atoms with van der Waals surface area (Å²) in [6.07, 6.45) is 0.338. The number of amides is 1. The van der Waals surface area contributed by atoms with Gasteiger partial charge in [0.05, 0.1) is 0 Å². The van der Waals surface area contributed by atoms with Gasteiger partial charge in [0.15, 0.2) is 5.96 Å². The zero-order valence-electron chi connectivity index (χ0n) is 14.7. The van der Waals surface area contributed by atoms with Gasteiger partial charge in [-0.3, -0.25) is 9.79 Å². The summed E-state index contributed by atoms with van der Waals surface area (Å²) in [5, 5.41) is 8.89. The summed E-state index contributed by atoms with van der Waals surface area (Å²) in [6, 6.07) is 3.41. The number of rotatable bonds is 6. The van der Waals surface area contributed by atoms with Crippen LogP contribution in [0.15, 0.2) is 23.2 Å². The van der Waals surface area contributed by atoms with Crippen LogP contribution in [0.4, 0.5) is 8.78 Å². The lowest BCUT2D eigenvalue weighted by Crippen LogP contribution is -2.43. The fourth-order valence-corrected chi connectivity index (χ4v) is 1.89. The van der Waals surface area contributed by atoms with Gasteiger partial charge in [-0.05, 0) is 30.2 Å². The van der Waals surface area contributed by atoms with Crippen molar-refractivity contribution in [1.29, 1.82) is 0 Å². The molecule has 24 heavy (non-hydrogen) atoms. The van der Waals surface area contributed by atoms with Crippen LogP contribution in [0.25, 0.3) is 0 Å². The number of aliphatic imine (C=N–C) groups is 1. The molecule has 0 aromatic heterocycles. The largest absolute Gasteiger partial charge is 0.356 e. The van der Waals surface area contributed by atoms with Gasteiger partial charge in [0.2, 0.25) is 5.91 Å². The standard InChI is InChI=1S/C17H26F2N4O/c1-17(2,3)15(24)21-9-10-23-16(20-4)22-8-7-12-11-13(18)5-6-14(12)19/h5-6,11H,7-10H2,1-4H3,(H,21,24)(H2,20,22,23). The lowest BCUT2D eigenvalue weighted by Gasteiger charge is -2.18. The van der Waals surface area contributed by atoms with E-state index in [0.29, 0.717) is 37.6 Å². The maximum absolute atomic E-state index is 13.5. The summed E-state index contributed by atoms with van der Waals surface area (Å²) in [5.74, 6) is -0.361. The Morgan fingerprint density at radius 1 is 1.08 bits per heavy atom. The van der Waals surface area contributed by atoms with Gasteiger partial charge in [-0.1, -0.05) is 20.8 Å². The molecule has 0 aliphatic heterocycles. The smallest absolute Gasteiger partial charge is 0.225 e. The lowest BCUT2D eigenvalue weighted by molar-refractivity contribution is -0.128. The number of nitrogens with zero attached hydrogens (tertiary/aromatic N) is 1. The van der Waals surface area contributed by atoms with Crippen LogP contribution in [0, 0.1) is 17.0 Å². The molecular weight excluding hydrogens is 314 g/mol. The average Bonchev–Trinajstić information content (AvgIpc) is 2.51. The molecule has 134 valence electrons. The zero-order chi connectivity index (χ0) is 18.2. The predicted octanol–water partition coefficient (Wildman–Crippen LogP) is 1.83. The van der Waals surface area contributed by atoms with E-state index in [1.54, 1.807) is 7.05 Å². The van der Waals surface area contributed by atoms with Crippen molar-refractivity contribution in [3.05, 3.63) is 35.4 Å². The van der Waals surface area contributed by atoms with Crippen molar-refractivity contribution in [2.45, 2.75) is 27.2 Å². The number of carbonyl (C=O) groups is 1. The topological polar surface area (TPSA) is 65.5 Å². The Labute approximate surface area is 141 Å². The molecule has 0 saturated heterocycles. The molecule has 0 bridgehead atoms. The van der Waals surface area contributed by atoms with Gasteiger partial charge in [-0.15, -0.1) is 0 Å². The number of hydrogen-bond donors (Lipinski definition) is 3. The van der Waals surface area contributed by atoms with E-state index in [-0.39, 0.29) is 5.91 Å². The minimum atomic E-state index is -0.455. The molecule has 1 aromatic rings. The van der Waals surface area contributed by atoms with Crippen molar-refractivity contribution < 1.29 is 13.6 Å². The molecule has 0 heterocycles. The first-order valence-electron chi connectivity index (χ1n) is 7.91. The van der Waals surface area contributed by atoms with E-state index in [2.05, 4.69) is 20.9 Å². The van der Waals surface area contributed by atoms with E-state index in [4.69, 9.17) is 0 Å². The highest BCUT2D eigenvalue weighted by atomic mass is 19.1. The van der Waals surface area contributed by atoms with Gasteiger partial charge in [-0.25, -0.2) is 8.78 Å². The van der Waals surface area contributed by atoms with Gasteiger partial charge in [0.25, 0.3) is 0 Å². The van der Waals surface area contributed by atoms with Crippen LogP contribution in [-0.4, -0.2) is 38.5 Å². The van der Waals surface area contributed by atoms with Crippen molar-refractivity contribution in [3.8, 4) is 0 Å². The van der Waals surface area contributed by atoms with Crippen LogP contribution < -0.4 is 16.0 Å². The number of halogens is 2. The van der Waals surface area contributed by atoms with Gasteiger partial charge in [-0.2, -0.15) is 0 Å². The second-order valence-electron chi connectivity index (χ2n) is 6.42. The first-order valence-corrected chi connectivity index (χ1v) is 7.91. The molecule has 0 aliphatic rings. The summed E-state index contributed by atoms with van der Waals surface area (Å²) in [7, 11) is 1.62. The third-order valence-electron chi connectivity index (χ3n) is 3.30. The highest BCUT2D eigenvalue weighted by Gasteiger charge is 2.20. The molecule has 5 nitrogen and oxygen atoms in total. The van der Waals surface area contributed by atoms with Crippen LogP contribution in [0.2, 0.25) is 0 Å². The van der Waals surface area contributed by atoms with E-state index in [1.807, 2.05) is 20.8 Å². The summed E-state index contributed by atoms with van der Waals surface area (Å²) in [6.45, 7) is 6.94. The SMILES string of the molecule is CN=C(NCCNC(=O)C(C)(C)C)NCCc1cc(F)ccc1F. The van der Waals surface area contributed by atoms with Crippen molar-refractivity contribution in [3.63, 3.8) is 0 Å². The maximum Gasteiger partial charge on any atom is 0.225 e. The van der Waals surface area contributed by atoms with Gasteiger partial charge >= 0.3 is 0 Å². The average molecular weight is 340 g/mol. The van der Waals surface area contributed by atoms with E-state index < -0.39 is 17.0 Å². The number of hydrogen-bond acceptors (Lipinski definition) is 2. The number of guanidine groups is 1. The Kier molecular flexibility index (Phi) is 7.61. The van der Waals surface area contributed by atoms with Gasteiger partial charge < -0.3 is 16.0 Å². The van der Waals surface area contributed by atoms with Crippen molar-refractivity contribution in [1.82, 2.24) is 16.0 Å². The fraction of sp³-hybridized carbons (Fsp3) is 0.529. The monoisotopic (exact) mass is 340 g/mol. The van der Waals surface area contributed by atoms with Crippen molar-refractivity contribution >= 4 is 11.9 Å². The molecule has 0 aliphatic carbocycles. The molecule has 7 heteroatoms. The second-order valence-corrected chi connectivity index (χ2v) is 6.42. The van der Waals surface area contributed by atoms with E-state index in [9.17, 15) is 13.6 Å². The van der Waals surface area contributed by atoms with Crippen LogP contribution in [-0.2, 0) is 11.2 Å². The van der Waals surface area contributed by atoms with Gasteiger partial charge in [0, 0.05) is 32.1 Å². The Bertz CT molecular complexity index is 582. The minimum absolute atomic E-state index is 0.0196. The summed E-state index contributed by atoms with van der Waals surface area (Å²) in [5.41, 5.74) is -0.106. The quantitative estimate of drug-likeness (QED) is 0.421. The Hall–Kier alpha value is -2.18. The zero-order valence-corrected chi connectivity index (χ0v) is 14.7. The highest BCUT2D eigenvalue weighted by molar-refractivity contribution is 5.81. The van der Waals surface area contributed by atoms with E-state index in [0.717, 1.165) is 12.1 Å². The Morgan fingerprint density at radius 3 is 2.33 bits per heavy atom. The van der Waals surface area contributed by atoms with Crippen LogP contribution in [0.3, 0.4) is 0 Å². The van der Waals surface area contributed by atoms with Crippen LogP contribution in [0.1, 0.15) is 26.3 Å². The Balaban J connectivity index is 2.31. The highest BCUT2D eigenvalue weighted by Crippen LogP contribution is 2.12. The first kappa shape index (κ1) is 19.9. The minimum Gasteiger partial charge on any atom is -0.356 e. The van der Waals surface area contributed by atoms with Gasteiger partial charge in [0.1, 0.15) is 11.6 Å². The predicted molar refractivity (Wildman–Crippen MR) is 91.9 cm³/mol. The first-order chi connectivity index (χ1) is 11.2. The Morgan fingerprint density at radius 2 is 1.71 bits per heavy atom. The summed E-state index contributed by atoms with van der Waals surface area (Å²) < 4.78 is 26.6. The van der Waals surface area contributed by atoms with Crippen LogP contribution in [0.5, 0.6) is 0 Å². The second kappa shape index (κ2) is 9.20. The van der Waals surface area contributed by atoms with Crippen LogP contribution >= 0.6 is 0 Å². The fourth-order valence-electron chi connectivity index (χ4n) is 1.89. The number of carbonyl (C=O) groups excluding carboxylic acids is 1. The molecule has 0 fully saturated rings. The molecule has 0 unspecified atom stereocenters. The lowest BCUT2D eigenvalue weighted by atomic mass is 9.96. The molecular formula is C17H26F2N4O. The summed E-state index contributed by atoms with van der Waals surface area (Å²) in [4.78, 5) is 15.8. The molecule has 0 radical (unpaired) electrons. The maximum atomic E-state index is 13.5. The van der Waals surface area contributed by atoms with E-state index in [1.165, 1.54) is 6.07 Å². The van der Waals surface area contributed by atoms with E-state index >= 15 is 0 Å². The molecule has 0 saturated carbocycles. The molecule has 1 amide bonds. The number of nitrogens with one attached hydrogen (secondary N) is 3. The van der Waals surface area contributed by atoms with Crippen molar-refractivity contribution in [2.24, 2.45) is 10.4 Å². The van der Waals surface area contributed by atoms with Crippen molar-refractivity contribution in [2.75, 3.05) is 26.7 Å². The third kappa shape index (κ3) is 6.93. The summed E-state index contributed by atoms with van der Waals surface area (Å²) >= 11 is 0. The normalized spacial score (nSPS) is 12.0.